The predicted molar refractivity (Wildman–Crippen MR) is 141 cm³/mol. The molecule has 34 heavy (non-hydrogen) atoms. The Morgan fingerprint density at radius 3 is 2.56 bits per heavy atom. The van der Waals surface area contributed by atoms with Crippen molar-refractivity contribution in [3.8, 4) is 0 Å². The van der Waals surface area contributed by atoms with Crippen LogP contribution >= 0.6 is 0 Å². The third-order valence-corrected chi connectivity index (χ3v) is 11.1. The quantitative estimate of drug-likeness (QED) is 0.250. The summed E-state index contributed by atoms with van der Waals surface area (Å²) in [6.07, 6.45) is 18.1. The lowest BCUT2D eigenvalue weighted by atomic mass is 9.47. The van der Waals surface area contributed by atoms with Crippen molar-refractivity contribution < 1.29 is 14.6 Å². The van der Waals surface area contributed by atoms with Crippen LogP contribution in [0, 0.1) is 46.3 Å². The highest BCUT2D eigenvalue weighted by Gasteiger charge is 2.59. The van der Waals surface area contributed by atoms with Gasteiger partial charge in [0.2, 0.25) is 0 Å². The molecule has 4 aliphatic rings. The zero-order chi connectivity index (χ0) is 24.3. The Hall–Kier alpha value is -0.380. The lowest BCUT2D eigenvalue weighted by Crippen LogP contribution is -2.51. The summed E-state index contributed by atoms with van der Waals surface area (Å²) in [5.74, 6) is 5.42. The molecular formula is C31H54O3. The summed E-state index contributed by atoms with van der Waals surface area (Å²) >= 11 is 0. The number of rotatable bonds is 11. The van der Waals surface area contributed by atoms with Crippen LogP contribution in [0.3, 0.4) is 0 Å². The fourth-order valence-electron chi connectivity index (χ4n) is 9.23. The van der Waals surface area contributed by atoms with Gasteiger partial charge in [-0.3, -0.25) is 0 Å². The summed E-state index contributed by atoms with van der Waals surface area (Å²) in [5.41, 5.74) is 2.69. The zero-order valence-electron chi connectivity index (χ0n) is 23.0. The molecule has 4 aliphatic carbocycles. The molecule has 0 spiro atoms. The number of fused-ring (bicyclic) bond motifs is 5. The molecule has 3 fully saturated rings. The molecule has 0 saturated heterocycles. The Kier molecular flexibility index (Phi) is 8.90. The molecule has 4 rings (SSSR count). The van der Waals surface area contributed by atoms with Crippen LogP contribution in [-0.2, 0) is 9.47 Å². The fraction of sp³-hybridized carbons (Fsp3) is 0.935. The van der Waals surface area contributed by atoms with Gasteiger partial charge < -0.3 is 14.6 Å². The van der Waals surface area contributed by atoms with E-state index in [2.05, 4.69) is 40.7 Å². The largest absolute Gasteiger partial charge is 0.394 e. The molecule has 0 aliphatic heterocycles. The van der Waals surface area contributed by atoms with Gasteiger partial charge in [0.1, 0.15) is 0 Å². The summed E-state index contributed by atoms with van der Waals surface area (Å²) in [5, 5.41) is 8.86. The van der Waals surface area contributed by atoms with Crippen molar-refractivity contribution in [1.29, 1.82) is 0 Å². The van der Waals surface area contributed by atoms with Crippen molar-refractivity contribution in [2.75, 3.05) is 26.4 Å². The maximum atomic E-state index is 8.86. The maximum absolute atomic E-state index is 8.86. The van der Waals surface area contributed by atoms with Crippen LogP contribution in [0.1, 0.15) is 105 Å². The summed E-state index contributed by atoms with van der Waals surface area (Å²) in [6, 6.07) is 0. The van der Waals surface area contributed by atoms with Gasteiger partial charge in [-0.15, -0.1) is 0 Å². The Bertz CT molecular complexity index is 686. The minimum Gasteiger partial charge on any atom is -0.394 e. The second kappa shape index (κ2) is 11.3. The topological polar surface area (TPSA) is 38.7 Å². The van der Waals surface area contributed by atoms with Crippen LogP contribution in [0.15, 0.2) is 11.6 Å². The molecule has 4 unspecified atom stereocenters. The van der Waals surface area contributed by atoms with E-state index in [0.717, 1.165) is 41.9 Å². The fourth-order valence-corrected chi connectivity index (χ4v) is 9.23. The van der Waals surface area contributed by atoms with Gasteiger partial charge in [-0.25, -0.2) is 0 Å². The number of hydrogen-bond acceptors (Lipinski definition) is 3. The molecule has 0 aromatic heterocycles. The third kappa shape index (κ3) is 5.32. The summed E-state index contributed by atoms with van der Waals surface area (Å²) < 4.78 is 11.6. The van der Waals surface area contributed by atoms with Gasteiger partial charge >= 0.3 is 0 Å². The van der Waals surface area contributed by atoms with Crippen molar-refractivity contribution in [3.05, 3.63) is 11.6 Å². The highest BCUT2D eigenvalue weighted by molar-refractivity contribution is 5.25. The number of hydrogen-bond donors (Lipinski definition) is 1. The number of aliphatic hydroxyl groups is 1. The van der Waals surface area contributed by atoms with Crippen LogP contribution in [0.5, 0.6) is 0 Å². The minimum atomic E-state index is 0.0923. The minimum absolute atomic E-state index is 0.0923. The number of aliphatic hydroxyl groups excluding tert-OH is 1. The second-order valence-corrected chi connectivity index (χ2v) is 13.4. The third-order valence-electron chi connectivity index (χ3n) is 11.1. The normalized spacial score (nSPS) is 40.4. The summed E-state index contributed by atoms with van der Waals surface area (Å²) in [7, 11) is 0. The molecule has 0 radical (unpaired) electrons. The van der Waals surface area contributed by atoms with Gasteiger partial charge in [-0.1, -0.05) is 65.5 Å². The highest BCUT2D eigenvalue weighted by Crippen LogP contribution is 2.67. The maximum Gasteiger partial charge on any atom is 0.0704 e. The van der Waals surface area contributed by atoms with Crippen LogP contribution < -0.4 is 0 Å². The Morgan fingerprint density at radius 1 is 0.971 bits per heavy atom. The van der Waals surface area contributed by atoms with Crippen LogP contribution in [0.2, 0.25) is 0 Å². The predicted octanol–water partition coefficient (Wildman–Crippen LogP) is 7.42. The molecule has 0 aromatic carbocycles. The van der Waals surface area contributed by atoms with Gasteiger partial charge in [-0.2, -0.15) is 0 Å². The van der Waals surface area contributed by atoms with Crippen molar-refractivity contribution in [3.63, 3.8) is 0 Å². The molecule has 3 nitrogen and oxygen atoms in total. The van der Waals surface area contributed by atoms with E-state index in [0.29, 0.717) is 36.8 Å². The smallest absolute Gasteiger partial charge is 0.0704 e. The van der Waals surface area contributed by atoms with Crippen LogP contribution in [-0.4, -0.2) is 37.6 Å². The Morgan fingerprint density at radius 2 is 1.79 bits per heavy atom. The Balaban J connectivity index is 1.37. The average molecular weight is 475 g/mol. The molecule has 0 amide bonds. The molecule has 0 aromatic rings. The first kappa shape index (κ1) is 26.7. The number of allylic oxidation sites excluding steroid dienone is 1. The van der Waals surface area contributed by atoms with Crippen molar-refractivity contribution in [2.24, 2.45) is 46.3 Å². The van der Waals surface area contributed by atoms with E-state index < -0.39 is 0 Å². The number of ether oxygens (including phenoxy) is 2. The van der Waals surface area contributed by atoms with Crippen molar-refractivity contribution in [1.82, 2.24) is 0 Å². The van der Waals surface area contributed by atoms with Gasteiger partial charge in [-0.05, 0) is 97.7 Å². The van der Waals surface area contributed by atoms with Gasteiger partial charge in [0, 0.05) is 0 Å². The lowest BCUT2D eigenvalue weighted by Gasteiger charge is -2.58. The highest BCUT2D eigenvalue weighted by atomic mass is 16.5. The molecule has 3 saturated carbocycles. The van der Waals surface area contributed by atoms with E-state index in [1.165, 1.54) is 64.2 Å². The van der Waals surface area contributed by atoms with E-state index in [1.54, 1.807) is 5.57 Å². The zero-order valence-corrected chi connectivity index (χ0v) is 23.0. The molecule has 0 bridgehead atoms. The van der Waals surface area contributed by atoms with E-state index in [4.69, 9.17) is 14.6 Å². The van der Waals surface area contributed by atoms with Crippen molar-refractivity contribution in [2.45, 2.75) is 111 Å². The first-order valence-electron chi connectivity index (χ1n) is 14.8. The van der Waals surface area contributed by atoms with E-state index in [-0.39, 0.29) is 6.61 Å². The molecule has 8 atom stereocenters. The van der Waals surface area contributed by atoms with Crippen molar-refractivity contribution >= 4 is 0 Å². The van der Waals surface area contributed by atoms with Gasteiger partial charge in [0.05, 0.1) is 32.5 Å². The SMILES string of the molecule is CC(C)CCC[C@@H](C)[C@H]1CCC2C3CC=C4CC(OCCOCCO)CC[C@]4(C)C3CC[C@@]21C. The lowest BCUT2D eigenvalue weighted by molar-refractivity contribution is -0.0683. The monoisotopic (exact) mass is 474 g/mol. The Labute approximate surface area is 210 Å². The standard InChI is InChI=1S/C31H54O3/c1-22(2)7-6-8-23(3)27-11-12-28-26-10-9-24-21-25(34-20-19-33-18-17-32)13-15-30(24,4)29(26)14-16-31(27,28)5/h9,22-23,25-29,32H,6-8,10-21H2,1-5H3/t23-,25?,26?,27-,28?,29?,30+,31-/m1/s1. The van der Waals surface area contributed by atoms with E-state index in [9.17, 15) is 0 Å². The summed E-state index contributed by atoms with van der Waals surface area (Å²) in [4.78, 5) is 0. The summed E-state index contributed by atoms with van der Waals surface area (Å²) in [6.45, 7) is 14.4. The van der Waals surface area contributed by atoms with Crippen LogP contribution in [0.4, 0.5) is 0 Å². The first-order valence-corrected chi connectivity index (χ1v) is 14.8. The molecule has 0 heterocycles. The van der Waals surface area contributed by atoms with Gasteiger partial charge in [0.25, 0.3) is 0 Å². The van der Waals surface area contributed by atoms with Gasteiger partial charge in [0.15, 0.2) is 0 Å². The molecule has 3 heteroatoms. The van der Waals surface area contributed by atoms with E-state index >= 15 is 0 Å². The first-order chi connectivity index (χ1) is 16.3. The molecular weight excluding hydrogens is 420 g/mol. The van der Waals surface area contributed by atoms with E-state index in [1.807, 2.05) is 0 Å². The van der Waals surface area contributed by atoms with Crippen LogP contribution in [0.25, 0.3) is 0 Å². The molecule has 1 N–H and O–H groups in total. The molecule has 196 valence electrons. The second-order valence-electron chi connectivity index (χ2n) is 13.4. The average Bonchev–Trinajstić information content (AvgIpc) is 3.16.